The molecule has 0 bridgehead atoms. The lowest BCUT2D eigenvalue weighted by atomic mass is 10.1. The van der Waals surface area contributed by atoms with Gasteiger partial charge in [0, 0.05) is 12.0 Å². The van der Waals surface area contributed by atoms with E-state index in [0.29, 0.717) is 6.42 Å². The fourth-order valence-electron chi connectivity index (χ4n) is 2.32. The molecule has 0 radical (unpaired) electrons. The van der Waals surface area contributed by atoms with E-state index in [2.05, 4.69) is 18.8 Å². The second kappa shape index (κ2) is 12.2. The molecule has 0 aliphatic heterocycles. The van der Waals surface area contributed by atoms with Crippen LogP contribution in [0.15, 0.2) is 30.3 Å². The Bertz CT molecular complexity index is 436. The minimum absolute atomic E-state index is 0.0711. The van der Waals surface area contributed by atoms with Gasteiger partial charge in [0.1, 0.15) is 0 Å². The predicted molar refractivity (Wildman–Crippen MR) is 90.2 cm³/mol. The Balaban J connectivity index is 2.00. The molecule has 0 N–H and O–H groups in total. The zero-order valence-electron chi connectivity index (χ0n) is 13.4. The summed E-state index contributed by atoms with van der Waals surface area (Å²) in [6.07, 6.45) is 12.1. The maximum atomic E-state index is 11.6. The van der Waals surface area contributed by atoms with Gasteiger partial charge in [0.05, 0.1) is 0 Å². The molecule has 1 nitrogen and oxygen atoms in total. The predicted octanol–water partition coefficient (Wildman–Crippen LogP) is 5.53. The van der Waals surface area contributed by atoms with Crippen molar-refractivity contribution in [2.45, 2.75) is 71.1 Å². The number of hydrogen-bond donors (Lipinski definition) is 0. The molecule has 1 aromatic rings. The van der Waals surface area contributed by atoms with Gasteiger partial charge in [0.25, 0.3) is 0 Å². The SMILES string of the molecule is CCCCCCCCCCCC(=O)C#Cc1ccccc1. The van der Waals surface area contributed by atoms with Crippen molar-refractivity contribution < 1.29 is 4.79 Å². The molecular weight excluding hydrogens is 256 g/mol. The summed E-state index contributed by atoms with van der Waals surface area (Å²) in [4.78, 5) is 11.6. The second-order valence-electron chi connectivity index (χ2n) is 5.62. The lowest BCUT2D eigenvalue weighted by Gasteiger charge is -2.00. The maximum Gasteiger partial charge on any atom is 0.205 e. The van der Waals surface area contributed by atoms with Crippen LogP contribution >= 0.6 is 0 Å². The molecule has 0 saturated carbocycles. The highest BCUT2D eigenvalue weighted by atomic mass is 16.1. The monoisotopic (exact) mass is 284 g/mol. The standard InChI is InChI=1S/C20H28O/c1-2-3-4-5-6-7-8-9-13-16-20(21)18-17-19-14-11-10-12-15-19/h10-12,14-15H,2-9,13,16H2,1H3. The van der Waals surface area contributed by atoms with E-state index in [-0.39, 0.29) is 5.78 Å². The molecule has 0 aliphatic carbocycles. The van der Waals surface area contributed by atoms with Gasteiger partial charge in [-0.3, -0.25) is 4.79 Å². The van der Waals surface area contributed by atoms with Crippen LogP contribution in [0.4, 0.5) is 0 Å². The van der Waals surface area contributed by atoms with Crippen LogP contribution in [0.25, 0.3) is 0 Å². The number of hydrogen-bond acceptors (Lipinski definition) is 1. The fourth-order valence-corrected chi connectivity index (χ4v) is 2.32. The van der Waals surface area contributed by atoms with E-state index >= 15 is 0 Å². The smallest absolute Gasteiger partial charge is 0.205 e. The first-order chi connectivity index (χ1) is 10.3. The van der Waals surface area contributed by atoms with Crippen molar-refractivity contribution in [2.75, 3.05) is 0 Å². The molecule has 21 heavy (non-hydrogen) atoms. The van der Waals surface area contributed by atoms with Crippen LogP contribution in [0.3, 0.4) is 0 Å². The fraction of sp³-hybridized carbons (Fsp3) is 0.550. The normalized spacial score (nSPS) is 9.95. The van der Waals surface area contributed by atoms with E-state index in [0.717, 1.165) is 18.4 Å². The van der Waals surface area contributed by atoms with Crippen molar-refractivity contribution in [1.29, 1.82) is 0 Å². The Morgan fingerprint density at radius 1 is 0.857 bits per heavy atom. The van der Waals surface area contributed by atoms with Crippen LogP contribution in [0.1, 0.15) is 76.7 Å². The van der Waals surface area contributed by atoms with Crippen molar-refractivity contribution in [3.63, 3.8) is 0 Å². The van der Waals surface area contributed by atoms with Crippen LogP contribution < -0.4 is 0 Å². The van der Waals surface area contributed by atoms with E-state index < -0.39 is 0 Å². The third-order valence-electron chi connectivity index (χ3n) is 3.63. The maximum absolute atomic E-state index is 11.6. The average molecular weight is 284 g/mol. The summed E-state index contributed by atoms with van der Waals surface area (Å²) in [5.41, 5.74) is 0.915. The third-order valence-corrected chi connectivity index (χ3v) is 3.63. The molecule has 0 fully saturated rings. The van der Waals surface area contributed by atoms with Gasteiger partial charge in [0.2, 0.25) is 5.78 Å². The molecule has 0 heterocycles. The summed E-state index contributed by atoms with van der Waals surface area (Å²) in [6.45, 7) is 2.25. The highest BCUT2D eigenvalue weighted by molar-refractivity contribution is 5.95. The first-order valence-electron chi connectivity index (χ1n) is 8.43. The zero-order chi connectivity index (χ0) is 15.2. The van der Waals surface area contributed by atoms with Crippen molar-refractivity contribution in [3.05, 3.63) is 35.9 Å². The molecule has 1 rings (SSSR count). The Morgan fingerprint density at radius 3 is 2.05 bits per heavy atom. The molecule has 1 heteroatoms. The first kappa shape index (κ1) is 17.5. The molecule has 114 valence electrons. The van der Waals surface area contributed by atoms with Gasteiger partial charge < -0.3 is 0 Å². The van der Waals surface area contributed by atoms with Crippen molar-refractivity contribution in [3.8, 4) is 11.8 Å². The number of carbonyl (C=O) groups is 1. The van der Waals surface area contributed by atoms with Gasteiger partial charge in [-0.05, 0) is 24.5 Å². The number of ketones is 1. The highest BCUT2D eigenvalue weighted by Gasteiger charge is 1.97. The van der Waals surface area contributed by atoms with Crippen LogP contribution in [0, 0.1) is 11.8 Å². The van der Waals surface area contributed by atoms with E-state index in [1.807, 2.05) is 30.3 Å². The third kappa shape index (κ3) is 9.91. The van der Waals surface area contributed by atoms with Gasteiger partial charge in [-0.15, -0.1) is 0 Å². The molecule has 0 unspecified atom stereocenters. The Labute approximate surface area is 130 Å². The summed E-state index contributed by atoms with van der Waals surface area (Å²) >= 11 is 0. The summed E-state index contributed by atoms with van der Waals surface area (Å²) in [7, 11) is 0. The highest BCUT2D eigenvalue weighted by Crippen LogP contribution is 2.10. The largest absolute Gasteiger partial charge is 0.285 e. The number of benzene rings is 1. The molecule has 0 atom stereocenters. The average Bonchev–Trinajstić information content (AvgIpc) is 2.52. The lowest BCUT2D eigenvalue weighted by molar-refractivity contribution is -0.113. The van der Waals surface area contributed by atoms with Crippen LogP contribution in [-0.4, -0.2) is 5.78 Å². The van der Waals surface area contributed by atoms with Crippen LogP contribution in [-0.2, 0) is 4.79 Å². The summed E-state index contributed by atoms with van der Waals surface area (Å²) in [5.74, 6) is 5.73. The Kier molecular flexibility index (Phi) is 10.2. The van der Waals surface area contributed by atoms with Gasteiger partial charge in [0.15, 0.2) is 0 Å². The zero-order valence-corrected chi connectivity index (χ0v) is 13.4. The number of carbonyl (C=O) groups excluding carboxylic acids is 1. The minimum atomic E-state index is 0.0711. The summed E-state index contributed by atoms with van der Waals surface area (Å²) in [6, 6.07) is 9.69. The van der Waals surface area contributed by atoms with E-state index in [4.69, 9.17) is 0 Å². The van der Waals surface area contributed by atoms with E-state index in [1.165, 1.54) is 44.9 Å². The van der Waals surface area contributed by atoms with E-state index in [9.17, 15) is 4.79 Å². The van der Waals surface area contributed by atoms with Gasteiger partial charge >= 0.3 is 0 Å². The molecule has 0 aliphatic rings. The number of unbranched alkanes of at least 4 members (excludes halogenated alkanes) is 8. The lowest BCUT2D eigenvalue weighted by Crippen LogP contribution is -1.93. The molecule has 0 aromatic heterocycles. The molecule has 0 spiro atoms. The topological polar surface area (TPSA) is 17.1 Å². The van der Waals surface area contributed by atoms with Crippen molar-refractivity contribution in [1.82, 2.24) is 0 Å². The molecular formula is C20H28O. The van der Waals surface area contributed by atoms with Crippen molar-refractivity contribution >= 4 is 5.78 Å². The van der Waals surface area contributed by atoms with Crippen LogP contribution in [0.5, 0.6) is 0 Å². The van der Waals surface area contributed by atoms with Gasteiger partial charge in [-0.2, -0.15) is 0 Å². The molecule has 0 saturated heterocycles. The quantitative estimate of drug-likeness (QED) is 0.408. The Morgan fingerprint density at radius 2 is 1.43 bits per heavy atom. The minimum Gasteiger partial charge on any atom is -0.285 e. The van der Waals surface area contributed by atoms with Crippen molar-refractivity contribution in [2.24, 2.45) is 0 Å². The second-order valence-corrected chi connectivity index (χ2v) is 5.62. The number of Topliss-reactive ketones (excluding diaryl/α,β-unsaturated/α-hetero) is 1. The first-order valence-corrected chi connectivity index (χ1v) is 8.43. The summed E-state index contributed by atoms with van der Waals surface area (Å²) < 4.78 is 0. The summed E-state index contributed by atoms with van der Waals surface area (Å²) in [5, 5.41) is 0. The molecule has 0 amide bonds. The Hall–Kier alpha value is -1.55. The molecule has 1 aromatic carbocycles. The van der Waals surface area contributed by atoms with Gasteiger partial charge in [-0.25, -0.2) is 0 Å². The van der Waals surface area contributed by atoms with E-state index in [1.54, 1.807) is 0 Å². The van der Waals surface area contributed by atoms with Crippen LogP contribution in [0.2, 0.25) is 0 Å². The number of rotatable bonds is 10. The van der Waals surface area contributed by atoms with Gasteiger partial charge in [-0.1, -0.05) is 82.4 Å².